The second-order valence-electron chi connectivity index (χ2n) is 5.94. The van der Waals surface area contributed by atoms with Crippen molar-refractivity contribution < 1.29 is 22.3 Å². The summed E-state index contributed by atoms with van der Waals surface area (Å²) < 4.78 is 52.3. The van der Waals surface area contributed by atoms with Gasteiger partial charge in [0.05, 0.1) is 17.7 Å². The summed E-state index contributed by atoms with van der Waals surface area (Å²) in [4.78, 5) is -0.0706. The van der Waals surface area contributed by atoms with Crippen LogP contribution in [-0.4, -0.2) is 15.5 Å². The lowest BCUT2D eigenvalue weighted by Gasteiger charge is -2.15. The molecule has 3 aromatic carbocycles. The Balaban J connectivity index is 1.95. The molecule has 0 aliphatic carbocycles. The van der Waals surface area contributed by atoms with Crippen molar-refractivity contribution in [3.8, 4) is 17.2 Å². The van der Waals surface area contributed by atoms with Gasteiger partial charge >= 0.3 is 0 Å². The highest BCUT2D eigenvalue weighted by atomic mass is 35.5. The van der Waals surface area contributed by atoms with Gasteiger partial charge in [0.25, 0.3) is 10.0 Å². The van der Waals surface area contributed by atoms with Crippen LogP contribution in [0.4, 0.5) is 10.1 Å². The highest BCUT2D eigenvalue weighted by Gasteiger charge is 2.18. The molecule has 0 saturated carbocycles. The van der Waals surface area contributed by atoms with Crippen LogP contribution >= 0.6 is 11.6 Å². The van der Waals surface area contributed by atoms with E-state index in [-0.39, 0.29) is 21.9 Å². The largest absolute Gasteiger partial charge is 0.497 e. The maximum Gasteiger partial charge on any atom is 0.262 e. The molecule has 0 spiro atoms. The number of anilines is 1. The molecule has 0 aliphatic heterocycles. The summed E-state index contributed by atoms with van der Waals surface area (Å²) in [6, 6.07) is 15.0. The molecule has 3 rings (SSSR count). The topological polar surface area (TPSA) is 64.6 Å². The third-order valence-electron chi connectivity index (χ3n) is 3.89. The quantitative estimate of drug-likeness (QED) is 0.579. The Labute approximate surface area is 167 Å². The lowest BCUT2D eigenvalue weighted by atomic mass is 10.2. The molecule has 0 heterocycles. The van der Waals surface area contributed by atoms with Crippen molar-refractivity contribution in [3.63, 3.8) is 0 Å². The third-order valence-corrected chi connectivity index (χ3v) is 5.49. The molecule has 0 radical (unpaired) electrons. The Morgan fingerprint density at radius 3 is 2.46 bits per heavy atom. The summed E-state index contributed by atoms with van der Waals surface area (Å²) in [5.41, 5.74) is 0.374. The first-order chi connectivity index (χ1) is 13.3. The highest BCUT2D eigenvalue weighted by molar-refractivity contribution is 7.92. The van der Waals surface area contributed by atoms with Crippen molar-refractivity contribution in [2.45, 2.75) is 11.8 Å². The molecule has 0 atom stereocenters. The van der Waals surface area contributed by atoms with Gasteiger partial charge in [0, 0.05) is 11.1 Å². The second-order valence-corrected chi connectivity index (χ2v) is 8.06. The molecule has 146 valence electrons. The zero-order valence-electron chi connectivity index (χ0n) is 15.1. The second kappa shape index (κ2) is 8.08. The Morgan fingerprint density at radius 1 is 1.00 bits per heavy atom. The van der Waals surface area contributed by atoms with Gasteiger partial charge in [-0.05, 0) is 61.0 Å². The summed E-state index contributed by atoms with van der Waals surface area (Å²) in [5.74, 6) is 0.818. The van der Waals surface area contributed by atoms with Crippen molar-refractivity contribution in [1.82, 2.24) is 0 Å². The number of rotatable bonds is 6. The molecular weight excluding hydrogens is 405 g/mol. The van der Waals surface area contributed by atoms with E-state index < -0.39 is 15.8 Å². The van der Waals surface area contributed by atoms with E-state index in [1.165, 1.54) is 32.2 Å². The summed E-state index contributed by atoms with van der Waals surface area (Å²) in [6.07, 6.45) is 0. The Kier molecular flexibility index (Phi) is 5.76. The highest BCUT2D eigenvalue weighted by Crippen LogP contribution is 2.34. The molecule has 0 unspecified atom stereocenters. The molecule has 0 amide bonds. The molecule has 0 fully saturated rings. The van der Waals surface area contributed by atoms with E-state index in [0.29, 0.717) is 16.5 Å². The van der Waals surface area contributed by atoms with Crippen LogP contribution in [-0.2, 0) is 10.0 Å². The minimum atomic E-state index is -3.98. The minimum Gasteiger partial charge on any atom is -0.497 e. The Morgan fingerprint density at radius 2 is 1.75 bits per heavy atom. The lowest BCUT2D eigenvalue weighted by molar-refractivity contribution is 0.409. The first-order valence-corrected chi connectivity index (χ1v) is 10.0. The number of aryl methyl sites for hydroxylation is 1. The molecule has 0 aromatic heterocycles. The molecule has 3 aromatic rings. The van der Waals surface area contributed by atoms with Crippen LogP contribution in [0, 0.1) is 12.7 Å². The van der Waals surface area contributed by atoms with E-state index in [2.05, 4.69) is 4.72 Å². The van der Waals surface area contributed by atoms with E-state index in [0.717, 1.165) is 6.07 Å². The van der Waals surface area contributed by atoms with Gasteiger partial charge in [-0.2, -0.15) is 0 Å². The van der Waals surface area contributed by atoms with Crippen LogP contribution in [0.1, 0.15) is 5.56 Å². The van der Waals surface area contributed by atoms with Crippen LogP contribution in [0.25, 0.3) is 0 Å². The van der Waals surface area contributed by atoms with Gasteiger partial charge in [0.15, 0.2) is 5.75 Å². The Bertz CT molecular complexity index is 1120. The van der Waals surface area contributed by atoms with Crippen molar-refractivity contribution in [2.24, 2.45) is 0 Å². The van der Waals surface area contributed by atoms with Gasteiger partial charge in [-0.1, -0.05) is 17.7 Å². The molecule has 28 heavy (non-hydrogen) atoms. The number of methoxy groups -OCH3 is 1. The van der Waals surface area contributed by atoms with E-state index >= 15 is 0 Å². The van der Waals surface area contributed by atoms with Crippen LogP contribution < -0.4 is 14.2 Å². The average Bonchev–Trinajstić information content (AvgIpc) is 2.66. The van der Waals surface area contributed by atoms with Crippen LogP contribution in [0.2, 0.25) is 5.02 Å². The summed E-state index contributed by atoms with van der Waals surface area (Å²) >= 11 is 6.03. The first kappa shape index (κ1) is 20.0. The number of sulfonamides is 1. The van der Waals surface area contributed by atoms with Crippen LogP contribution in [0.15, 0.2) is 65.6 Å². The normalized spacial score (nSPS) is 11.1. The summed E-state index contributed by atoms with van der Waals surface area (Å²) in [7, 11) is -2.44. The van der Waals surface area contributed by atoms with E-state index in [4.69, 9.17) is 21.1 Å². The number of halogens is 2. The van der Waals surface area contributed by atoms with Crippen molar-refractivity contribution >= 4 is 27.3 Å². The zero-order valence-corrected chi connectivity index (χ0v) is 16.6. The number of hydrogen-bond acceptors (Lipinski definition) is 4. The predicted octanol–water partition coefficient (Wildman–Crippen LogP) is 5.39. The number of hydrogen-bond donors (Lipinski definition) is 1. The maximum atomic E-state index is 13.5. The molecule has 0 bridgehead atoms. The first-order valence-electron chi connectivity index (χ1n) is 8.19. The zero-order chi connectivity index (χ0) is 20.3. The summed E-state index contributed by atoms with van der Waals surface area (Å²) in [5, 5.41) is 0.325. The van der Waals surface area contributed by atoms with Crippen molar-refractivity contribution in [2.75, 3.05) is 11.8 Å². The van der Waals surface area contributed by atoms with Crippen LogP contribution in [0.3, 0.4) is 0 Å². The fourth-order valence-corrected chi connectivity index (χ4v) is 3.77. The third kappa shape index (κ3) is 4.55. The molecule has 1 N–H and O–H groups in total. The predicted molar refractivity (Wildman–Crippen MR) is 106 cm³/mol. The standard InChI is InChI=1S/C20H17ClFNO4S/c1-13-10-17(7-8-18(13)22)28(24,25)23-19-11-14(21)6-9-20(19)27-16-5-3-4-15(12-16)26-2/h3-12,23H,1-2H3. The van der Waals surface area contributed by atoms with Gasteiger partial charge in [0.2, 0.25) is 0 Å². The maximum absolute atomic E-state index is 13.5. The summed E-state index contributed by atoms with van der Waals surface area (Å²) in [6.45, 7) is 1.49. The van der Waals surface area contributed by atoms with Crippen molar-refractivity contribution in [1.29, 1.82) is 0 Å². The average molecular weight is 422 g/mol. The Hall–Kier alpha value is -2.77. The number of nitrogens with one attached hydrogen (secondary N) is 1. The van der Waals surface area contributed by atoms with E-state index in [1.54, 1.807) is 36.4 Å². The van der Waals surface area contributed by atoms with Gasteiger partial charge in [-0.25, -0.2) is 12.8 Å². The molecule has 0 saturated heterocycles. The SMILES string of the molecule is COc1cccc(Oc2ccc(Cl)cc2NS(=O)(=O)c2ccc(F)c(C)c2)c1. The number of benzene rings is 3. The van der Waals surface area contributed by atoms with Gasteiger partial charge in [-0.15, -0.1) is 0 Å². The van der Waals surface area contributed by atoms with Gasteiger partial charge in [-0.3, -0.25) is 4.72 Å². The molecule has 8 heteroatoms. The lowest BCUT2D eigenvalue weighted by Crippen LogP contribution is -2.14. The smallest absolute Gasteiger partial charge is 0.262 e. The van der Waals surface area contributed by atoms with Crippen LogP contribution in [0.5, 0.6) is 17.2 Å². The monoisotopic (exact) mass is 421 g/mol. The minimum absolute atomic E-state index is 0.0706. The van der Waals surface area contributed by atoms with Gasteiger partial charge in [0.1, 0.15) is 17.3 Å². The fourth-order valence-electron chi connectivity index (χ4n) is 2.45. The number of ether oxygens (including phenoxy) is 2. The van der Waals surface area contributed by atoms with E-state index in [1.807, 2.05) is 0 Å². The molecule has 5 nitrogen and oxygen atoms in total. The van der Waals surface area contributed by atoms with Gasteiger partial charge < -0.3 is 9.47 Å². The van der Waals surface area contributed by atoms with E-state index in [9.17, 15) is 12.8 Å². The van der Waals surface area contributed by atoms with Crippen molar-refractivity contribution in [3.05, 3.63) is 77.1 Å². The molecule has 0 aliphatic rings. The fraction of sp³-hybridized carbons (Fsp3) is 0.100. The molecular formula is C20H17ClFNO4S.